The molecule has 1 aliphatic heterocycles. The molecular formula is C11H15N7O. The maximum atomic E-state index is 11.2. The van der Waals surface area contributed by atoms with Crippen LogP contribution in [-0.4, -0.2) is 39.2 Å². The SMILES string of the molecule is NC(=O)C1CCN(c2nc(N)nc3[nH]ncc23)CC1. The molecule has 3 heterocycles. The van der Waals surface area contributed by atoms with Crippen LogP contribution < -0.4 is 16.4 Å². The number of anilines is 2. The van der Waals surface area contributed by atoms with E-state index in [0.717, 1.165) is 37.1 Å². The molecule has 0 aliphatic carbocycles. The third-order valence-corrected chi connectivity index (χ3v) is 3.50. The summed E-state index contributed by atoms with van der Waals surface area (Å²) >= 11 is 0. The molecule has 1 aliphatic rings. The van der Waals surface area contributed by atoms with Crippen LogP contribution >= 0.6 is 0 Å². The number of primary amides is 1. The summed E-state index contributed by atoms with van der Waals surface area (Å²) in [6.45, 7) is 1.45. The summed E-state index contributed by atoms with van der Waals surface area (Å²) in [6, 6.07) is 0. The molecule has 0 bridgehead atoms. The number of nitrogen functional groups attached to an aromatic ring is 1. The second-order valence-electron chi connectivity index (χ2n) is 4.70. The summed E-state index contributed by atoms with van der Waals surface area (Å²) in [5, 5.41) is 7.58. The van der Waals surface area contributed by atoms with Crippen LogP contribution in [-0.2, 0) is 4.79 Å². The molecule has 0 aromatic carbocycles. The Hall–Kier alpha value is -2.38. The Balaban J connectivity index is 1.89. The number of nitrogens with one attached hydrogen (secondary N) is 1. The summed E-state index contributed by atoms with van der Waals surface area (Å²) in [5.41, 5.74) is 11.7. The number of amides is 1. The number of rotatable bonds is 2. The highest BCUT2D eigenvalue weighted by Crippen LogP contribution is 2.27. The molecule has 2 aromatic rings. The Kier molecular flexibility index (Phi) is 2.69. The fourth-order valence-electron chi connectivity index (χ4n) is 2.45. The first-order valence-electron chi connectivity index (χ1n) is 6.16. The van der Waals surface area contributed by atoms with Crippen molar-refractivity contribution >= 4 is 28.7 Å². The minimum atomic E-state index is -0.227. The van der Waals surface area contributed by atoms with Crippen molar-refractivity contribution in [2.45, 2.75) is 12.8 Å². The number of aromatic amines is 1. The number of nitrogens with zero attached hydrogens (tertiary/aromatic N) is 4. The van der Waals surface area contributed by atoms with E-state index in [9.17, 15) is 4.79 Å². The van der Waals surface area contributed by atoms with Crippen molar-refractivity contribution in [3.8, 4) is 0 Å². The van der Waals surface area contributed by atoms with Gasteiger partial charge >= 0.3 is 0 Å². The minimum absolute atomic E-state index is 0.0460. The normalized spacial score (nSPS) is 16.9. The zero-order chi connectivity index (χ0) is 13.4. The molecule has 0 radical (unpaired) electrons. The standard InChI is InChI=1S/C11H15N7O/c12-8(19)6-1-3-18(4-2-6)10-7-5-14-17-9(7)15-11(13)16-10/h5-6H,1-4H2,(H2,12,19)(H3,13,14,15,16,17). The Morgan fingerprint density at radius 3 is 2.79 bits per heavy atom. The summed E-state index contributed by atoms with van der Waals surface area (Å²) in [4.78, 5) is 21.6. The highest BCUT2D eigenvalue weighted by molar-refractivity contribution is 5.87. The predicted molar refractivity (Wildman–Crippen MR) is 70.2 cm³/mol. The summed E-state index contributed by atoms with van der Waals surface area (Å²) < 4.78 is 0. The van der Waals surface area contributed by atoms with Gasteiger partial charge in [-0.3, -0.25) is 9.89 Å². The first kappa shape index (κ1) is 11.7. The third kappa shape index (κ3) is 2.05. The van der Waals surface area contributed by atoms with Crippen molar-refractivity contribution in [2.75, 3.05) is 23.7 Å². The van der Waals surface area contributed by atoms with Gasteiger partial charge in [-0.15, -0.1) is 0 Å². The van der Waals surface area contributed by atoms with Crippen molar-refractivity contribution in [3.63, 3.8) is 0 Å². The van der Waals surface area contributed by atoms with E-state index in [2.05, 4.69) is 25.1 Å². The van der Waals surface area contributed by atoms with Gasteiger partial charge in [-0.1, -0.05) is 0 Å². The second kappa shape index (κ2) is 4.38. The lowest BCUT2D eigenvalue weighted by molar-refractivity contribution is -0.122. The zero-order valence-corrected chi connectivity index (χ0v) is 10.3. The van der Waals surface area contributed by atoms with Crippen LogP contribution in [0.2, 0.25) is 0 Å². The maximum Gasteiger partial charge on any atom is 0.224 e. The quantitative estimate of drug-likeness (QED) is 0.677. The molecule has 1 amide bonds. The Labute approximate surface area is 109 Å². The van der Waals surface area contributed by atoms with Gasteiger partial charge in [0.2, 0.25) is 11.9 Å². The van der Waals surface area contributed by atoms with E-state index in [4.69, 9.17) is 11.5 Å². The van der Waals surface area contributed by atoms with Gasteiger partial charge in [0, 0.05) is 19.0 Å². The van der Waals surface area contributed by atoms with Crippen LogP contribution in [0.25, 0.3) is 11.0 Å². The molecule has 2 aromatic heterocycles. The van der Waals surface area contributed by atoms with Crippen molar-refractivity contribution < 1.29 is 4.79 Å². The number of fused-ring (bicyclic) bond motifs is 1. The van der Waals surface area contributed by atoms with Crippen LogP contribution in [0.1, 0.15) is 12.8 Å². The number of hydrogen-bond acceptors (Lipinski definition) is 6. The third-order valence-electron chi connectivity index (χ3n) is 3.50. The van der Waals surface area contributed by atoms with Crippen molar-refractivity contribution in [1.82, 2.24) is 20.2 Å². The number of carbonyl (C=O) groups excluding carboxylic acids is 1. The fourth-order valence-corrected chi connectivity index (χ4v) is 2.45. The number of hydrogen-bond donors (Lipinski definition) is 3. The van der Waals surface area contributed by atoms with E-state index in [1.54, 1.807) is 6.20 Å². The Bertz CT molecular complexity index is 615. The van der Waals surface area contributed by atoms with Gasteiger partial charge in [0.05, 0.1) is 11.6 Å². The van der Waals surface area contributed by atoms with Crippen LogP contribution in [0.4, 0.5) is 11.8 Å². The summed E-state index contributed by atoms with van der Waals surface area (Å²) in [7, 11) is 0. The van der Waals surface area contributed by atoms with Gasteiger partial charge in [0.25, 0.3) is 0 Å². The number of piperidine rings is 1. The molecular weight excluding hydrogens is 246 g/mol. The van der Waals surface area contributed by atoms with Crippen LogP contribution in [0.3, 0.4) is 0 Å². The number of H-pyrrole nitrogens is 1. The minimum Gasteiger partial charge on any atom is -0.369 e. The van der Waals surface area contributed by atoms with Gasteiger partial charge in [-0.05, 0) is 12.8 Å². The largest absolute Gasteiger partial charge is 0.369 e. The molecule has 1 saturated heterocycles. The molecule has 100 valence electrons. The van der Waals surface area contributed by atoms with E-state index in [0.29, 0.717) is 5.65 Å². The summed E-state index contributed by atoms with van der Waals surface area (Å²) in [5.74, 6) is 0.702. The lowest BCUT2D eigenvalue weighted by Crippen LogP contribution is -2.39. The van der Waals surface area contributed by atoms with Crippen LogP contribution in [0.5, 0.6) is 0 Å². The Morgan fingerprint density at radius 1 is 1.37 bits per heavy atom. The van der Waals surface area contributed by atoms with Gasteiger partial charge in [0.15, 0.2) is 5.65 Å². The van der Waals surface area contributed by atoms with E-state index >= 15 is 0 Å². The first-order valence-corrected chi connectivity index (χ1v) is 6.16. The predicted octanol–water partition coefficient (Wildman–Crippen LogP) is -0.363. The molecule has 8 heteroatoms. The van der Waals surface area contributed by atoms with Gasteiger partial charge in [0.1, 0.15) is 5.82 Å². The highest BCUT2D eigenvalue weighted by atomic mass is 16.1. The lowest BCUT2D eigenvalue weighted by Gasteiger charge is -2.31. The monoisotopic (exact) mass is 261 g/mol. The molecule has 5 N–H and O–H groups in total. The average molecular weight is 261 g/mol. The van der Waals surface area contributed by atoms with Gasteiger partial charge in [-0.25, -0.2) is 0 Å². The van der Waals surface area contributed by atoms with Crippen molar-refractivity contribution in [1.29, 1.82) is 0 Å². The fraction of sp³-hybridized carbons (Fsp3) is 0.455. The number of carbonyl (C=O) groups is 1. The van der Waals surface area contributed by atoms with Crippen molar-refractivity contribution in [3.05, 3.63) is 6.20 Å². The topological polar surface area (TPSA) is 127 Å². The van der Waals surface area contributed by atoms with E-state index in [1.165, 1.54) is 0 Å². The van der Waals surface area contributed by atoms with Crippen molar-refractivity contribution in [2.24, 2.45) is 11.7 Å². The van der Waals surface area contributed by atoms with Gasteiger partial charge in [-0.2, -0.15) is 15.1 Å². The maximum absolute atomic E-state index is 11.2. The molecule has 0 spiro atoms. The second-order valence-corrected chi connectivity index (χ2v) is 4.70. The van der Waals surface area contributed by atoms with Crippen LogP contribution in [0, 0.1) is 5.92 Å². The summed E-state index contributed by atoms with van der Waals surface area (Å²) in [6.07, 6.45) is 3.15. The smallest absolute Gasteiger partial charge is 0.224 e. The molecule has 0 atom stereocenters. The molecule has 8 nitrogen and oxygen atoms in total. The average Bonchev–Trinajstić information content (AvgIpc) is 2.85. The number of aromatic nitrogens is 4. The number of nitrogens with two attached hydrogens (primary N) is 2. The van der Waals surface area contributed by atoms with E-state index < -0.39 is 0 Å². The molecule has 1 fully saturated rings. The molecule has 0 unspecified atom stereocenters. The van der Waals surface area contributed by atoms with E-state index in [-0.39, 0.29) is 17.8 Å². The first-order chi connectivity index (χ1) is 9.15. The zero-order valence-electron chi connectivity index (χ0n) is 10.3. The molecule has 3 rings (SSSR count). The molecule has 19 heavy (non-hydrogen) atoms. The Morgan fingerprint density at radius 2 is 2.11 bits per heavy atom. The van der Waals surface area contributed by atoms with Crippen LogP contribution in [0.15, 0.2) is 6.20 Å². The highest BCUT2D eigenvalue weighted by Gasteiger charge is 2.25. The van der Waals surface area contributed by atoms with E-state index in [1.807, 2.05) is 0 Å². The molecule has 0 saturated carbocycles. The lowest BCUT2D eigenvalue weighted by atomic mass is 9.96. The van der Waals surface area contributed by atoms with Gasteiger partial charge < -0.3 is 16.4 Å².